The number of para-hydroxylation sites is 1. The van der Waals surface area contributed by atoms with Crippen molar-refractivity contribution in [2.45, 2.75) is 6.18 Å². The van der Waals surface area contributed by atoms with Crippen molar-refractivity contribution >= 4 is 34.1 Å². The minimum Gasteiger partial charge on any atom is -0.321 e. The van der Waals surface area contributed by atoms with Crippen molar-refractivity contribution in [3.8, 4) is 11.4 Å². The molecule has 1 amide bonds. The molecule has 150 valence electrons. The van der Waals surface area contributed by atoms with Crippen LogP contribution in [-0.4, -0.2) is 15.9 Å². The summed E-state index contributed by atoms with van der Waals surface area (Å²) in [7, 11) is 0. The van der Waals surface area contributed by atoms with Crippen LogP contribution in [0.4, 0.5) is 18.9 Å². The number of anilines is 1. The van der Waals surface area contributed by atoms with E-state index in [0.717, 1.165) is 18.2 Å². The van der Waals surface area contributed by atoms with E-state index in [4.69, 9.17) is 11.6 Å². The van der Waals surface area contributed by atoms with E-state index in [0.29, 0.717) is 22.3 Å². The molecular weight excluding hydrogens is 415 g/mol. The van der Waals surface area contributed by atoms with Crippen molar-refractivity contribution in [1.29, 1.82) is 0 Å². The second kappa shape index (κ2) is 7.76. The van der Waals surface area contributed by atoms with Crippen LogP contribution >= 0.6 is 11.6 Å². The molecule has 4 nitrogen and oxygen atoms in total. The van der Waals surface area contributed by atoms with Gasteiger partial charge in [0.2, 0.25) is 0 Å². The Morgan fingerprint density at radius 1 is 0.933 bits per heavy atom. The summed E-state index contributed by atoms with van der Waals surface area (Å²) in [6.45, 7) is 0. The maximum atomic E-state index is 13.0. The second-order valence-electron chi connectivity index (χ2n) is 6.43. The molecule has 0 atom stereocenters. The normalized spacial score (nSPS) is 11.5. The van der Waals surface area contributed by atoms with E-state index in [-0.39, 0.29) is 16.3 Å². The zero-order chi connectivity index (χ0) is 21.3. The molecule has 0 fully saturated rings. The van der Waals surface area contributed by atoms with Crippen LogP contribution in [0.25, 0.3) is 22.3 Å². The van der Waals surface area contributed by atoms with Gasteiger partial charge in [-0.25, -0.2) is 4.98 Å². The number of halogens is 4. The molecule has 0 saturated heterocycles. The zero-order valence-electron chi connectivity index (χ0n) is 15.2. The quantitative estimate of drug-likeness (QED) is 0.422. The molecule has 4 rings (SSSR count). The summed E-state index contributed by atoms with van der Waals surface area (Å²) in [5, 5.41) is 3.04. The van der Waals surface area contributed by atoms with Gasteiger partial charge in [-0.2, -0.15) is 13.2 Å². The number of aromatic nitrogens is 2. The third-order valence-corrected chi connectivity index (χ3v) is 4.76. The van der Waals surface area contributed by atoms with Crippen molar-refractivity contribution < 1.29 is 18.0 Å². The Balaban J connectivity index is 1.79. The third kappa shape index (κ3) is 3.97. The number of hydrogen-bond acceptors (Lipinski definition) is 3. The predicted molar refractivity (Wildman–Crippen MR) is 109 cm³/mol. The SMILES string of the molecule is O=C(Nc1cc(C(F)(F)F)ccc1Cl)c1cc(-c2ccccn2)nc2ccccc12. The van der Waals surface area contributed by atoms with Crippen LogP contribution in [0.1, 0.15) is 15.9 Å². The number of carbonyl (C=O) groups is 1. The first-order valence-corrected chi connectivity index (χ1v) is 9.20. The average molecular weight is 428 g/mol. The molecule has 0 aliphatic carbocycles. The van der Waals surface area contributed by atoms with Gasteiger partial charge in [-0.05, 0) is 42.5 Å². The molecule has 0 bridgehead atoms. The highest BCUT2D eigenvalue weighted by Crippen LogP contribution is 2.34. The van der Waals surface area contributed by atoms with Gasteiger partial charge in [-0.15, -0.1) is 0 Å². The van der Waals surface area contributed by atoms with Gasteiger partial charge < -0.3 is 5.32 Å². The van der Waals surface area contributed by atoms with E-state index >= 15 is 0 Å². The van der Waals surface area contributed by atoms with Crippen molar-refractivity contribution in [1.82, 2.24) is 9.97 Å². The Labute approximate surface area is 174 Å². The second-order valence-corrected chi connectivity index (χ2v) is 6.84. The lowest BCUT2D eigenvalue weighted by atomic mass is 10.1. The Morgan fingerprint density at radius 2 is 1.70 bits per heavy atom. The van der Waals surface area contributed by atoms with Gasteiger partial charge >= 0.3 is 6.18 Å². The molecule has 0 unspecified atom stereocenters. The summed E-state index contributed by atoms with van der Waals surface area (Å²) in [4.78, 5) is 21.8. The molecule has 2 aromatic heterocycles. The molecule has 4 aromatic rings. The standard InChI is InChI=1S/C22H13ClF3N3O/c23-16-9-8-13(22(24,25)26)11-19(16)29-21(30)15-12-20(18-7-3-4-10-27-18)28-17-6-2-1-5-14(15)17/h1-12H,(H,29,30). The Bertz CT molecular complexity index is 1240. The number of amides is 1. The first-order chi connectivity index (χ1) is 14.3. The van der Waals surface area contributed by atoms with E-state index < -0.39 is 17.6 Å². The fourth-order valence-electron chi connectivity index (χ4n) is 3.00. The molecule has 0 spiro atoms. The van der Waals surface area contributed by atoms with Crippen molar-refractivity contribution in [3.05, 3.63) is 89.1 Å². The molecule has 30 heavy (non-hydrogen) atoms. The molecule has 0 aliphatic rings. The first-order valence-electron chi connectivity index (χ1n) is 8.82. The van der Waals surface area contributed by atoms with Gasteiger partial charge in [0, 0.05) is 11.6 Å². The molecule has 1 N–H and O–H groups in total. The maximum Gasteiger partial charge on any atom is 0.416 e. The number of rotatable bonds is 3. The highest BCUT2D eigenvalue weighted by molar-refractivity contribution is 6.34. The third-order valence-electron chi connectivity index (χ3n) is 4.43. The number of hydrogen-bond donors (Lipinski definition) is 1. The highest BCUT2D eigenvalue weighted by atomic mass is 35.5. The van der Waals surface area contributed by atoms with E-state index in [2.05, 4.69) is 15.3 Å². The first kappa shape index (κ1) is 19.8. The zero-order valence-corrected chi connectivity index (χ0v) is 16.0. The molecule has 2 aromatic carbocycles. The minimum atomic E-state index is -4.56. The van der Waals surface area contributed by atoms with E-state index in [1.54, 1.807) is 54.7 Å². The fraction of sp³-hybridized carbons (Fsp3) is 0.0455. The molecule has 2 heterocycles. The molecular formula is C22H13ClF3N3O. The number of nitrogens with one attached hydrogen (secondary N) is 1. The number of benzene rings is 2. The van der Waals surface area contributed by atoms with Crippen LogP contribution < -0.4 is 5.32 Å². The van der Waals surface area contributed by atoms with E-state index in [1.165, 1.54) is 0 Å². The summed E-state index contributed by atoms with van der Waals surface area (Å²) >= 11 is 6.02. The minimum absolute atomic E-state index is 0.000314. The smallest absolute Gasteiger partial charge is 0.321 e. The van der Waals surface area contributed by atoms with Gasteiger partial charge in [-0.1, -0.05) is 35.9 Å². The van der Waals surface area contributed by atoms with Gasteiger partial charge in [0.1, 0.15) is 0 Å². The summed E-state index contributed by atoms with van der Waals surface area (Å²) < 4.78 is 39.1. The van der Waals surface area contributed by atoms with Gasteiger partial charge in [0.25, 0.3) is 5.91 Å². The van der Waals surface area contributed by atoms with Crippen LogP contribution in [0.5, 0.6) is 0 Å². The number of nitrogens with zero attached hydrogens (tertiary/aromatic N) is 2. The van der Waals surface area contributed by atoms with Crippen LogP contribution in [-0.2, 0) is 6.18 Å². The number of pyridine rings is 2. The number of alkyl halides is 3. The highest BCUT2D eigenvalue weighted by Gasteiger charge is 2.31. The molecule has 0 radical (unpaired) electrons. The Morgan fingerprint density at radius 3 is 2.43 bits per heavy atom. The summed E-state index contributed by atoms with van der Waals surface area (Å²) in [6, 6.07) is 16.6. The lowest BCUT2D eigenvalue weighted by molar-refractivity contribution is -0.137. The van der Waals surface area contributed by atoms with Crippen molar-refractivity contribution in [3.63, 3.8) is 0 Å². The Kier molecular flexibility index (Phi) is 5.13. The monoisotopic (exact) mass is 427 g/mol. The van der Waals surface area contributed by atoms with Crippen LogP contribution in [0.15, 0.2) is 72.9 Å². The topological polar surface area (TPSA) is 54.9 Å². The number of carbonyl (C=O) groups excluding carboxylic acids is 1. The Hall–Kier alpha value is -3.45. The fourth-order valence-corrected chi connectivity index (χ4v) is 3.16. The van der Waals surface area contributed by atoms with Crippen molar-refractivity contribution in [2.75, 3.05) is 5.32 Å². The largest absolute Gasteiger partial charge is 0.416 e. The van der Waals surface area contributed by atoms with E-state index in [1.807, 2.05) is 0 Å². The van der Waals surface area contributed by atoms with Crippen LogP contribution in [0.2, 0.25) is 5.02 Å². The average Bonchev–Trinajstić information content (AvgIpc) is 2.74. The van der Waals surface area contributed by atoms with E-state index in [9.17, 15) is 18.0 Å². The summed E-state index contributed by atoms with van der Waals surface area (Å²) in [5.74, 6) is -0.605. The van der Waals surface area contributed by atoms with Gasteiger partial charge in [0.05, 0.1) is 38.7 Å². The lowest BCUT2D eigenvalue weighted by Crippen LogP contribution is -2.14. The maximum absolute atomic E-state index is 13.0. The van der Waals surface area contributed by atoms with Crippen molar-refractivity contribution in [2.24, 2.45) is 0 Å². The van der Waals surface area contributed by atoms with Gasteiger partial charge in [0.15, 0.2) is 0 Å². The molecule has 8 heteroatoms. The summed E-state index contributed by atoms with van der Waals surface area (Å²) in [5.41, 5.74) is 0.799. The number of fused-ring (bicyclic) bond motifs is 1. The molecule has 0 aliphatic heterocycles. The molecule has 0 saturated carbocycles. The van der Waals surface area contributed by atoms with Gasteiger partial charge in [-0.3, -0.25) is 9.78 Å². The van der Waals surface area contributed by atoms with Crippen LogP contribution in [0.3, 0.4) is 0 Å². The predicted octanol–water partition coefficient (Wildman–Crippen LogP) is 6.22. The lowest BCUT2D eigenvalue weighted by Gasteiger charge is -2.13. The van der Waals surface area contributed by atoms with Crippen LogP contribution in [0, 0.1) is 0 Å². The summed E-state index contributed by atoms with van der Waals surface area (Å²) in [6.07, 6.45) is -2.95.